The topological polar surface area (TPSA) is 107 Å². The highest BCUT2D eigenvalue weighted by molar-refractivity contribution is 6.52. The quantitative estimate of drug-likeness (QED) is 0.556. The molecule has 6 rings (SSSR count). The lowest BCUT2D eigenvalue weighted by molar-refractivity contribution is -0.122. The molecule has 186 valence electrons. The fourth-order valence-electron chi connectivity index (χ4n) is 5.52. The molecule has 3 heterocycles. The van der Waals surface area contributed by atoms with Crippen LogP contribution in [0.2, 0.25) is 0 Å². The highest BCUT2D eigenvalue weighted by Crippen LogP contribution is 2.60. The summed E-state index contributed by atoms with van der Waals surface area (Å²) < 4.78 is 19.4. The summed E-state index contributed by atoms with van der Waals surface area (Å²) >= 11 is 11.8. The van der Waals surface area contributed by atoms with Gasteiger partial charge in [-0.05, 0) is 30.7 Å². The molecule has 2 aliphatic heterocycles. The first-order valence-electron chi connectivity index (χ1n) is 11.8. The molecule has 2 aromatic rings. The predicted octanol–water partition coefficient (Wildman–Crippen LogP) is 3.13. The third kappa shape index (κ3) is 3.71. The monoisotopic (exact) mass is 529 g/mol. The molecule has 2 saturated carbocycles. The number of pyridine rings is 1. The van der Waals surface area contributed by atoms with E-state index in [0.717, 1.165) is 18.8 Å². The van der Waals surface area contributed by atoms with Gasteiger partial charge in [0.1, 0.15) is 21.7 Å². The van der Waals surface area contributed by atoms with Crippen molar-refractivity contribution < 1.29 is 18.7 Å². The molecule has 4 fully saturated rings. The van der Waals surface area contributed by atoms with Crippen molar-refractivity contribution >= 4 is 40.9 Å². The molecule has 5 atom stereocenters. The number of hydrogen-bond acceptors (Lipinski definition) is 6. The zero-order valence-electron chi connectivity index (χ0n) is 19.0. The molecule has 2 amide bonds. The Balaban J connectivity index is 1.12. The lowest BCUT2D eigenvalue weighted by Crippen LogP contribution is -2.36. The number of piperidine rings is 1. The normalized spacial score (nSPS) is 31.4. The maximum absolute atomic E-state index is 15.1. The molecule has 2 aliphatic carbocycles. The Morgan fingerprint density at radius 3 is 2.67 bits per heavy atom. The van der Waals surface area contributed by atoms with Crippen LogP contribution in [0.3, 0.4) is 0 Å². The van der Waals surface area contributed by atoms with Crippen LogP contribution in [0.1, 0.15) is 12.1 Å². The minimum absolute atomic E-state index is 0.113. The molecule has 1 aromatic heterocycles. The number of anilines is 1. The van der Waals surface area contributed by atoms with Crippen LogP contribution >= 0.6 is 23.2 Å². The van der Waals surface area contributed by atoms with Gasteiger partial charge in [-0.15, -0.1) is 23.2 Å². The van der Waals surface area contributed by atoms with Gasteiger partial charge in [-0.1, -0.05) is 6.07 Å². The minimum atomic E-state index is -1.02. The van der Waals surface area contributed by atoms with Gasteiger partial charge < -0.3 is 15.4 Å². The van der Waals surface area contributed by atoms with Crippen molar-refractivity contribution in [3.63, 3.8) is 0 Å². The highest BCUT2D eigenvalue weighted by atomic mass is 35.5. The van der Waals surface area contributed by atoms with Gasteiger partial charge in [0.25, 0.3) is 0 Å². The lowest BCUT2D eigenvalue weighted by Gasteiger charge is -2.15. The Bertz CT molecular complexity index is 1290. The standard InChI is InChI=1S/C25H22Cl2FN5O3/c26-25(27)6-17(25)22(34)32-8-15-11-33(23(35)36-15)14-2-3-16(20(28)5-14)13-1-4-21(31-7-13)24(12-29)18-9-30-10-19(18)24/h1-5,7,15,17-19,30H,6,8-11H2,(H,32,34)/t15-,17?,18-,19+,24?/m0/s1. The number of rotatable bonds is 6. The zero-order valence-corrected chi connectivity index (χ0v) is 20.5. The van der Waals surface area contributed by atoms with Crippen LogP contribution in [-0.4, -0.2) is 53.6 Å². The van der Waals surface area contributed by atoms with E-state index in [4.69, 9.17) is 27.9 Å². The Labute approximate surface area is 216 Å². The van der Waals surface area contributed by atoms with Crippen LogP contribution in [0.15, 0.2) is 36.5 Å². The largest absolute Gasteiger partial charge is 0.442 e. The van der Waals surface area contributed by atoms with Crippen LogP contribution < -0.4 is 15.5 Å². The number of carbonyl (C=O) groups is 2. The number of ether oxygens (including phenoxy) is 1. The van der Waals surface area contributed by atoms with Gasteiger partial charge in [-0.3, -0.25) is 14.7 Å². The van der Waals surface area contributed by atoms with Gasteiger partial charge >= 0.3 is 6.09 Å². The number of nitrogens with one attached hydrogen (secondary N) is 2. The number of cyclic esters (lactones) is 1. The number of fused-ring (bicyclic) bond motifs is 1. The molecular formula is C25H22Cl2FN5O3. The molecule has 0 radical (unpaired) electrons. The van der Waals surface area contributed by atoms with Gasteiger partial charge in [0.05, 0.1) is 36.5 Å². The average Bonchev–Trinajstić information content (AvgIpc) is 3.48. The highest BCUT2D eigenvalue weighted by Gasteiger charge is 2.69. The summed E-state index contributed by atoms with van der Waals surface area (Å²) in [5.41, 5.74) is 1.45. The number of nitrogens with zero attached hydrogens (tertiary/aromatic N) is 3. The van der Waals surface area contributed by atoms with Crippen molar-refractivity contribution in [3.8, 4) is 17.2 Å². The number of aromatic nitrogens is 1. The second-order valence-electron chi connectivity index (χ2n) is 9.83. The molecule has 1 aromatic carbocycles. The van der Waals surface area contributed by atoms with Gasteiger partial charge in [-0.2, -0.15) is 5.26 Å². The second-order valence-corrected chi connectivity index (χ2v) is 11.4. The number of halogens is 3. The molecule has 11 heteroatoms. The number of nitriles is 1. The third-order valence-electron chi connectivity index (χ3n) is 7.74. The summed E-state index contributed by atoms with van der Waals surface area (Å²) in [4.78, 5) is 30.3. The van der Waals surface area contributed by atoms with Crippen LogP contribution in [0, 0.1) is 34.9 Å². The zero-order chi connectivity index (χ0) is 25.2. The fourth-order valence-corrected chi connectivity index (χ4v) is 6.03. The fraction of sp³-hybridized carbons (Fsp3) is 0.440. The first-order valence-corrected chi connectivity index (χ1v) is 12.5. The summed E-state index contributed by atoms with van der Waals surface area (Å²) in [5, 5.41) is 15.8. The third-order valence-corrected chi connectivity index (χ3v) is 8.58. The van der Waals surface area contributed by atoms with E-state index >= 15 is 4.39 Å². The van der Waals surface area contributed by atoms with E-state index in [1.165, 1.54) is 11.0 Å². The van der Waals surface area contributed by atoms with E-state index in [2.05, 4.69) is 21.7 Å². The summed E-state index contributed by atoms with van der Waals surface area (Å²) in [6.45, 7) is 1.90. The smallest absolute Gasteiger partial charge is 0.414 e. The van der Waals surface area contributed by atoms with Gasteiger partial charge in [-0.25, -0.2) is 9.18 Å². The van der Waals surface area contributed by atoms with E-state index in [0.29, 0.717) is 23.2 Å². The molecule has 2 unspecified atom stereocenters. The SMILES string of the molecule is N#CC1(c2ccc(-c3ccc(N4C[C@H](CNC(=O)C5CC5(Cl)Cl)OC4=O)cc3F)cn2)[C@@H]2CNC[C@@H]21. The Morgan fingerprint density at radius 2 is 2.06 bits per heavy atom. The first kappa shape index (κ1) is 23.5. The first-order chi connectivity index (χ1) is 17.2. The second kappa shape index (κ2) is 8.30. The number of hydrogen-bond donors (Lipinski definition) is 2. The molecule has 0 bridgehead atoms. The average molecular weight is 530 g/mol. The van der Waals surface area contributed by atoms with E-state index in [1.54, 1.807) is 30.5 Å². The van der Waals surface area contributed by atoms with Crippen molar-refractivity contribution in [1.29, 1.82) is 5.26 Å². The van der Waals surface area contributed by atoms with Crippen LogP contribution in [0.25, 0.3) is 11.1 Å². The van der Waals surface area contributed by atoms with Crippen molar-refractivity contribution in [1.82, 2.24) is 15.6 Å². The number of amides is 2. The van der Waals surface area contributed by atoms with E-state index in [1.807, 2.05) is 0 Å². The number of carbonyl (C=O) groups excluding carboxylic acids is 2. The van der Waals surface area contributed by atoms with Crippen molar-refractivity contribution in [2.24, 2.45) is 17.8 Å². The number of alkyl halides is 2. The summed E-state index contributed by atoms with van der Waals surface area (Å²) in [6, 6.07) is 10.5. The molecule has 36 heavy (non-hydrogen) atoms. The van der Waals surface area contributed by atoms with Gasteiger partial charge in [0.2, 0.25) is 5.91 Å². The van der Waals surface area contributed by atoms with Crippen LogP contribution in [0.5, 0.6) is 0 Å². The molecule has 4 aliphatic rings. The molecule has 2 N–H and O–H groups in total. The lowest BCUT2D eigenvalue weighted by atomic mass is 9.96. The molecule has 2 saturated heterocycles. The Hall–Kier alpha value is -2.93. The minimum Gasteiger partial charge on any atom is -0.442 e. The Kier molecular flexibility index (Phi) is 5.41. The predicted molar refractivity (Wildman–Crippen MR) is 130 cm³/mol. The molecule has 8 nitrogen and oxygen atoms in total. The van der Waals surface area contributed by atoms with Crippen molar-refractivity contribution in [3.05, 3.63) is 48.0 Å². The maximum Gasteiger partial charge on any atom is 0.414 e. The summed E-state index contributed by atoms with van der Waals surface area (Å²) in [7, 11) is 0. The summed E-state index contributed by atoms with van der Waals surface area (Å²) in [6.07, 6.45) is 0.783. The van der Waals surface area contributed by atoms with Crippen LogP contribution in [0.4, 0.5) is 14.9 Å². The summed E-state index contributed by atoms with van der Waals surface area (Å²) in [5.74, 6) is -0.713. The van der Waals surface area contributed by atoms with E-state index in [9.17, 15) is 14.9 Å². The van der Waals surface area contributed by atoms with E-state index in [-0.39, 0.29) is 30.8 Å². The van der Waals surface area contributed by atoms with Gasteiger partial charge in [0.15, 0.2) is 0 Å². The molecular weight excluding hydrogens is 508 g/mol. The van der Waals surface area contributed by atoms with Gasteiger partial charge in [0, 0.05) is 42.2 Å². The Morgan fingerprint density at radius 1 is 1.31 bits per heavy atom. The maximum atomic E-state index is 15.1. The number of benzene rings is 1. The van der Waals surface area contributed by atoms with E-state index < -0.39 is 33.7 Å². The van der Waals surface area contributed by atoms with Crippen molar-refractivity contribution in [2.45, 2.75) is 22.3 Å². The van der Waals surface area contributed by atoms with Crippen LogP contribution in [-0.2, 0) is 14.9 Å². The molecule has 0 spiro atoms. The van der Waals surface area contributed by atoms with Crippen molar-refractivity contribution in [2.75, 3.05) is 31.1 Å².